The minimum absolute atomic E-state index is 0.0415. The number of benzene rings is 1. The van der Waals surface area contributed by atoms with E-state index in [1.807, 2.05) is 0 Å². The van der Waals surface area contributed by atoms with E-state index in [4.69, 9.17) is 32.7 Å². The standard InChI is InChI=1S/C18H23Cl2NO4/c1-2-24-18(23)13-5-3-9-21(12-13)17(22)6-4-10-25-16-8-7-14(19)11-15(16)20/h7-8,11,13H,2-6,9-10,12H2,1H3. The summed E-state index contributed by atoms with van der Waals surface area (Å²) < 4.78 is 10.6. The molecule has 0 aliphatic carbocycles. The summed E-state index contributed by atoms with van der Waals surface area (Å²) in [5.41, 5.74) is 0. The fraction of sp³-hybridized carbons (Fsp3) is 0.556. The second-order valence-electron chi connectivity index (χ2n) is 5.96. The van der Waals surface area contributed by atoms with Crippen molar-refractivity contribution < 1.29 is 19.1 Å². The smallest absolute Gasteiger partial charge is 0.310 e. The number of amides is 1. The van der Waals surface area contributed by atoms with Crippen LogP contribution in [0.5, 0.6) is 5.75 Å². The summed E-state index contributed by atoms with van der Waals surface area (Å²) in [7, 11) is 0. The van der Waals surface area contributed by atoms with Gasteiger partial charge in [-0.3, -0.25) is 9.59 Å². The van der Waals surface area contributed by atoms with Gasteiger partial charge < -0.3 is 14.4 Å². The molecule has 0 N–H and O–H groups in total. The second-order valence-corrected chi connectivity index (χ2v) is 6.80. The Morgan fingerprint density at radius 2 is 2.12 bits per heavy atom. The highest BCUT2D eigenvalue weighted by molar-refractivity contribution is 6.35. The average molecular weight is 388 g/mol. The molecule has 1 aliphatic heterocycles. The number of piperidine rings is 1. The quantitative estimate of drug-likeness (QED) is 0.524. The molecule has 0 aromatic heterocycles. The van der Waals surface area contributed by atoms with Gasteiger partial charge in [0, 0.05) is 24.5 Å². The lowest BCUT2D eigenvalue weighted by atomic mass is 9.98. The minimum Gasteiger partial charge on any atom is -0.492 e. The Bertz CT molecular complexity index is 609. The van der Waals surface area contributed by atoms with Crippen molar-refractivity contribution in [1.82, 2.24) is 4.90 Å². The van der Waals surface area contributed by atoms with E-state index < -0.39 is 0 Å². The third kappa shape index (κ3) is 6.08. The molecule has 25 heavy (non-hydrogen) atoms. The summed E-state index contributed by atoms with van der Waals surface area (Å²) in [6, 6.07) is 5.03. The van der Waals surface area contributed by atoms with Crippen molar-refractivity contribution in [3.05, 3.63) is 28.2 Å². The van der Waals surface area contributed by atoms with Crippen LogP contribution < -0.4 is 4.74 Å². The zero-order chi connectivity index (χ0) is 18.2. The Morgan fingerprint density at radius 3 is 2.84 bits per heavy atom. The number of hydrogen-bond donors (Lipinski definition) is 0. The Hall–Kier alpha value is -1.46. The fourth-order valence-corrected chi connectivity index (χ4v) is 3.28. The van der Waals surface area contributed by atoms with Gasteiger partial charge in [0.2, 0.25) is 5.91 Å². The number of carbonyl (C=O) groups excluding carboxylic acids is 2. The largest absolute Gasteiger partial charge is 0.492 e. The van der Waals surface area contributed by atoms with Gasteiger partial charge in [0.05, 0.1) is 24.2 Å². The third-order valence-electron chi connectivity index (χ3n) is 4.08. The zero-order valence-electron chi connectivity index (χ0n) is 14.3. The number of ether oxygens (including phenoxy) is 2. The maximum Gasteiger partial charge on any atom is 0.310 e. The molecule has 1 fully saturated rings. The molecule has 0 radical (unpaired) electrons. The third-order valence-corrected chi connectivity index (χ3v) is 4.61. The van der Waals surface area contributed by atoms with E-state index in [9.17, 15) is 9.59 Å². The van der Waals surface area contributed by atoms with Gasteiger partial charge in [-0.2, -0.15) is 0 Å². The molecule has 1 aromatic rings. The van der Waals surface area contributed by atoms with Gasteiger partial charge in [0.25, 0.3) is 0 Å². The van der Waals surface area contributed by atoms with Crippen LogP contribution in [0.1, 0.15) is 32.6 Å². The molecule has 0 spiro atoms. The predicted octanol–water partition coefficient (Wildman–Crippen LogP) is 3.95. The molecule has 1 heterocycles. The van der Waals surface area contributed by atoms with Crippen LogP contribution in [0.25, 0.3) is 0 Å². The lowest BCUT2D eigenvalue weighted by molar-refractivity contribution is -0.151. The summed E-state index contributed by atoms with van der Waals surface area (Å²) >= 11 is 11.9. The predicted molar refractivity (Wildman–Crippen MR) is 97.1 cm³/mol. The normalized spacial score (nSPS) is 17.2. The van der Waals surface area contributed by atoms with Crippen LogP contribution >= 0.6 is 23.2 Å². The first-order valence-corrected chi connectivity index (χ1v) is 9.29. The average Bonchev–Trinajstić information content (AvgIpc) is 2.60. The van der Waals surface area contributed by atoms with Crippen molar-refractivity contribution in [2.75, 3.05) is 26.3 Å². The first-order valence-electron chi connectivity index (χ1n) is 8.53. The summed E-state index contributed by atoms with van der Waals surface area (Å²) in [5.74, 6) is 0.182. The van der Waals surface area contributed by atoms with Crippen LogP contribution in [-0.2, 0) is 14.3 Å². The van der Waals surface area contributed by atoms with Crippen molar-refractivity contribution >= 4 is 35.1 Å². The monoisotopic (exact) mass is 387 g/mol. The van der Waals surface area contributed by atoms with Gasteiger partial charge in [-0.1, -0.05) is 23.2 Å². The van der Waals surface area contributed by atoms with E-state index in [-0.39, 0.29) is 17.8 Å². The lowest BCUT2D eigenvalue weighted by Gasteiger charge is -2.31. The molecular formula is C18H23Cl2NO4. The van der Waals surface area contributed by atoms with Crippen LogP contribution in [0.4, 0.5) is 0 Å². The maximum absolute atomic E-state index is 12.3. The fourth-order valence-electron chi connectivity index (χ4n) is 2.81. The number of likely N-dealkylation sites (tertiary alicyclic amines) is 1. The van der Waals surface area contributed by atoms with Crippen molar-refractivity contribution in [3.8, 4) is 5.75 Å². The molecule has 7 heteroatoms. The highest BCUT2D eigenvalue weighted by atomic mass is 35.5. The van der Waals surface area contributed by atoms with Gasteiger partial charge in [0.1, 0.15) is 5.75 Å². The maximum atomic E-state index is 12.3. The van der Waals surface area contributed by atoms with E-state index in [2.05, 4.69) is 0 Å². The number of halogens is 2. The van der Waals surface area contributed by atoms with Crippen molar-refractivity contribution in [3.63, 3.8) is 0 Å². The molecule has 1 aliphatic rings. The first kappa shape index (κ1) is 19.9. The second kappa shape index (κ2) is 9.88. The van der Waals surface area contributed by atoms with Crippen LogP contribution in [0, 0.1) is 5.92 Å². The van der Waals surface area contributed by atoms with Crippen LogP contribution in [-0.4, -0.2) is 43.1 Å². The Balaban J connectivity index is 1.73. The minimum atomic E-state index is -0.208. The van der Waals surface area contributed by atoms with Crippen molar-refractivity contribution in [2.24, 2.45) is 5.92 Å². The van der Waals surface area contributed by atoms with Crippen molar-refractivity contribution in [2.45, 2.75) is 32.6 Å². The molecule has 1 atom stereocenters. The van der Waals surface area contributed by atoms with Gasteiger partial charge in [-0.25, -0.2) is 0 Å². The molecule has 2 rings (SSSR count). The Morgan fingerprint density at radius 1 is 1.32 bits per heavy atom. The lowest BCUT2D eigenvalue weighted by Crippen LogP contribution is -2.42. The number of nitrogens with zero attached hydrogens (tertiary/aromatic N) is 1. The SMILES string of the molecule is CCOC(=O)C1CCCN(C(=O)CCCOc2ccc(Cl)cc2Cl)C1. The molecular weight excluding hydrogens is 365 g/mol. The van der Waals surface area contributed by atoms with Crippen LogP contribution in [0.3, 0.4) is 0 Å². The molecule has 1 saturated heterocycles. The van der Waals surface area contributed by atoms with E-state index in [1.165, 1.54) is 0 Å². The summed E-state index contributed by atoms with van der Waals surface area (Å²) in [5, 5.41) is 1.00. The topological polar surface area (TPSA) is 55.8 Å². The van der Waals surface area contributed by atoms with E-state index >= 15 is 0 Å². The van der Waals surface area contributed by atoms with Gasteiger partial charge in [-0.05, 0) is 44.4 Å². The molecule has 1 amide bonds. The highest BCUT2D eigenvalue weighted by Gasteiger charge is 2.28. The Kier molecular flexibility index (Phi) is 7.85. The van der Waals surface area contributed by atoms with E-state index in [0.29, 0.717) is 54.9 Å². The molecule has 138 valence electrons. The number of rotatable bonds is 7. The summed E-state index contributed by atoms with van der Waals surface area (Å²) in [4.78, 5) is 25.9. The first-order chi connectivity index (χ1) is 12.0. The number of hydrogen-bond acceptors (Lipinski definition) is 4. The van der Waals surface area contributed by atoms with Crippen LogP contribution in [0.2, 0.25) is 10.0 Å². The van der Waals surface area contributed by atoms with E-state index in [1.54, 1.807) is 30.0 Å². The van der Waals surface area contributed by atoms with Gasteiger partial charge >= 0.3 is 5.97 Å². The van der Waals surface area contributed by atoms with Gasteiger partial charge in [-0.15, -0.1) is 0 Å². The Labute approximate surface area is 158 Å². The molecule has 0 bridgehead atoms. The molecule has 1 aromatic carbocycles. The summed E-state index contributed by atoms with van der Waals surface area (Å²) in [6.07, 6.45) is 2.56. The van der Waals surface area contributed by atoms with Crippen molar-refractivity contribution in [1.29, 1.82) is 0 Å². The number of carbonyl (C=O) groups is 2. The van der Waals surface area contributed by atoms with E-state index in [0.717, 1.165) is 12.8 Å². The van der Waals surface area contributed by atoms with Gasteiger partial charge in [0.15, 0.2) is 0 Å². The zero-order valence-corrected chi connectivity index (χ0v) is 15.8. The molecule has 0 saturated carbocycles. The highest BCUT2D eigenvalue weighted by Crippen LogP contribution is 2.27. The molecule has 5 nitrogen and oxygen atoms in total. The molecule has 1 unspecified atom stereocenters. The number of esters is 1. The summed E-state index contributed by atoms with van der Waals surface area (Å²) in [6.45, 7) is 3.69. The van der Waals surface area contributed by atoms with Crippen LogP contribution in [0.15, 0.2) is 18.2 Å².